The molecule has 0 radical (unpaired) electrons. The van der Waals surface area contributed by atoms with Crippen LogP contribution in [0.15, 0.2) is 24.3 Å². The first-order valence-corrected chi connectivity index (χ1v) is 23.6. The number of carbonyl (C=O) groups excluding carboxylic acids is 6. The van der Waals surface area contributed by atoms with Gasteiger partial charge in [0.2, 0.25) is 23.6 Å². The number of primary amides is 1. The number of nitrogens with one attached hydrogen (secondary N) is 5. The Morgan fingerprint density at radius 1 is 0.844 bits per heavy atom. The first-order chi connectivity index (χ1) is 30.0. The fraction of sp³-hybridized carbons (Fsp3) is 0.721. The van der Waals surface area contributed by atoms with E-state index in [2.05, 4.69) is 26.6 Å². The van der Waals surface area contributed by atoms with Crippen LogP contribution < -0.4 is 32.3 Å². The molecule has 1 heterocycles. The van der Waals surface area contributed by atoms with Crippen LogP contribution in [0.3, 0.4) is 0 Å². The summed E-state index contributed by atoms with van der Waals surface area (Å²) in [6, 6.07) is 3.86. The van der Waals surface area contributed by atoms with E-state index in [9.17, 15) is 38.2 Å². The summed E-state index contributed by atoms with van der Waals surface area (Å²) in [7, 11) is -3.74. The first-order valence-electron chi connectivity index (χ1n) is 22.0. The summed E-state index contributed by atoms with van der Waals surface area (Å²) in [5.41, 5.74) is 5.96. The average Bonchev–Trinajstić information content (AvgIpc) is 3.66. The molecule has 0 aromatic heterocycles. The van der Waals surface area contributed by atoms with Crippen LogP contribution in [-0.2, 0) is 53.8 Å². The Morgan fingerprint density at radius 2 is 1.48 bits per heavy atom. The number of ether oxygens (including phenoxy) is 4. The number of carbonyl (C=O) groups is 6. The second kappa shape index (κ2) is 27.9. The SMILES string of the molecule is CC(C)[C@H](NC(=O)CCCCC(=O)N1CC[C@H](OC(C)(C)C)C1)C(=O)N[C@@H](CCCNC(N)=O)C(=O)Nc1ccc(COC(=O)NCCOCCOCCOP(=O)(O)C(C)(C)C)cc1. The minimum Gasteiger partial charge on any atom is -0.445 e. The topological polar surface area (TPSA) is 275 Å². The van der Waals surface area contributed by atoms with Gasteiger partial charge in [-0.15, -0.1) is 0 Å². The van der Waals surface area contributed by atoms with Crippen LogP contribution in [0.1, 0.15) is 106 Å². The number of nitrogens with zero attached hydrogens (tertiary/aromatic N) is 1. The van der Waals surface area contributed by atoms with Crippen LogP contribution in [0.4, 0.5) is 15.3 Å². The van der Waals surface area contributed by atoms with E-state index >= 15 is 0 Å². The zero-order valence-electron chi connectivity index (χ0n) is 39.0. The number of anilines is 1. The van der Waals surface area contributed by atoms with Gasteiger partial charge in [0.25, 0.3) is 0 Å². The molecule has 1 unspecified atom stereocenters. The number of unbranched alkanes of at least 4 members (excludes halogenated alkanes) is 1. The normalized spacial score (nSPS) is 16.0. The number of urea groups is 1. The fourth-order valence-corrected chi connectivity index (χ4v) is 6.88. The summed E-state index contributed by atoms with van der Waals surface area (Å²) < 4.78 is 39.1. The number of nitrogens with two attached hydrogens (primary N) is 1. The molecule has 20 nitrogen and oxygen atoms in total. The Balaban J connectivity index is 1.79. The molecule has 0 saturated carbocycles. The molecule has 0 aliphatic carbocycles. The third kappa shape index (κ3) is 23.0. The molecule has 1 aromatic rings. The largest absolute Gasteiger partial charge is 0.445 e. The average molecular weight is 928 g/mol. The van der Waals surface area contributed by atoms with E-state index in [0.29, 0.717) is 50.0 Å². The van der Waals surface area contributed by atoms with Crippen molar-refractivity contribution in [3.05, 3.63) is 29.8 Å². The number of amides is 7. The van der Waals surface area contributed by atoms with Crippen molar-refractivity contribution in [2.24, 2.45) is 11.7 Å². The standard InChI is InChI=1S/C43H74N7O13P/c1-30(2)37(49-35(51)13-9-10-14-36(52)50-22-19-33(28-50)63-42(3,4)5)39(54)48-34(12-11-20-45-40(44)55)38(53)47-32-17-15-31(16-18-32)29-61-41(56)46-21-23-59-24-25-60-26-27-62-64(57,58)43(6,7)8/h15-18,30,33-34,37H,9-14,19-29H2,1-8H3,(H,46,56)(H,47,53)(H,48,54)(H,49,51)(H,57,58)(H3,44,45,55)/t33-,34-,37-/m0/s1. The molecule has 1 fully saturated rings. The highest BCUT2D eigenvalue weighted by Gasteiger charge is 2.36. The highest BCUT2D eigenvalue weighted by molar-refractivity contribution is 7.54. The number of alkyl carbamates (subject to hydrolysis) is 1. The van der Waals surface area contributed by atoms with Gasteiger partial charge in [0.15, 0.2) is 0 Å². The Hall–Kier alpha value is -4.33. The summed E-state index contributed by atoms with van der Waals surface area (Å²) in [5, 5.41) is 12.5. The van der Waals surface area contributed by atoms with E-state index in [1.165, 1.54) is 0 Å². The van der Waals surface area contributed by atoms with Crippen LogP contribution in [0.5, 0.6) is 0 Å². The molecule has 21 heteroatoms. The highest BCUT2D eigenvalue weighted by Crippen LogP contribution is 2.54. The molecule has 0 spiro atoms. The van der Waals surface area contributed by atoms with Gasteiger partial charge in [-0.1, -0.05) is 26.0 Å². The highest BCUT2D eigenvalue weighted by atomic mass is 31.2. The van der Waals surface area contributed by atoms with E-state index in [1.54, 1.807) is 63.8 Å². The van der Waals surface area contributed by atoms with Crippen LogP contribution in [-0.4, -0.2) is 134 Å². The molecule has 1 saturated heterocycles. The van der Waals surface area contributed by atoms with Gasteiger partial charge < -0.3 is 65.6 Å². The molecule has 0 bridgehead atoms. The van der Waals surface area contributed by atoms with Crippen molar-refractivity contribution < 1.29 is 61.7 Å². The van der Waals surface area contributed by atoms with Crippen molar-refractivity contribution in [3.8, 4) is 0 Å². The quantitative estimate of drug-likeness (QED) is 0.0464. The van der Waals surface area contributed by atoms with Crippen LogP contribution >= 0.6 is 7.60 Å². The number of rotatable bonds is 28. The maximum absolute atomic E-state index is 13.6. The zero-order valence-corrected chi connectivity index (χ0v) is 39.9. The molecule has 1 aliphatic rings. The lowest BCUT2D eigenvalue weighted by Crippen LogP contribution is -2.54. The lowest BCUT2D eigenvalue weighted by Gasteiger charge is -2.25. The number of hydrogen-bond donors (Lipinski definition) is 7. The Kier molecular flexibility index (Phi) is 24.3. The predicted molar refractivity (Wildman–Crippen MR) is 240 cm³/mol. The molecule has 8 N–H and O–H groups in total. The first kappa shape index (κ1) is 55.8. The van der Waals surface area contributed by atoms with Crippen LogP contribution in [0, 0.1) is 5.92 Å². The van der Waals surface area contributed by atoms with Gasteiger partial charge >= 0.3 is 19.7 Å². The van der Waals surface area contributed by atoms with E-state index in [1.807, 2.05) is 20.8 Å². The van der Waals surface area contributed by atoms with Crippen molar-refractivity contribution in [3.63, 3.8) is 0 Å². The molecule has 4 atom stereocenters. The van der Waals surface area contributed by atoms with E-state index < -0.39 is 48.8 Å². The second-order valence-electron chi connectivity index (χ2n) is 17.9. The number of hydrogen-bond acceptors (Lipinski definition) is 12. The lowest BCUT2D eigenvalue weighted by atomic mass is 10.0. The van der Waals surface area contributed by atoms with Gasteiger partial charge in [0.1, 0.15) is 18.7 Å². The predicted octanol–water partition coefficient (Wildman–Crippen LogP) is 3.94. The van der Waals surface area contributed by atoms with Gasteiger partial charge in [0, 0.05) is 44.7 Å². The summed E-state index contributed by atoms with van der Waals surface area (Å²) >= 11 is 0. The summed E-state index contributed by atoms with van der Waals surface area (Å²) in [4.78, 5) is 87.8. The molecule has 7 amide bonds. The molecule has 2 rings (SSSR count). The maximum Gasteiger partial charge on any atom is 0.407 e. The van der Waals surface area contributed by atoms with Crippen molar-refractivity contribution >= 4 is 49.0 Å². The van der Waals surface area contributed by atoms with Crippen molar-refractivity contribution in [2.45, 2.75) is 136 Å². The zero-order chi connectivity index (χ0) is 47.9. The molecular weight excluding hydrogens is 853 g/mol. The van der Waals surface area contributed by atoms with Crippen molar-refractivity contribution in [1.29, 1.82) is 0 Å². The maximum atomic E-state index is 13.6. The van der Waals surface area contributed by atoms with Crippen molar-refractivity contribution in [1.82, 2.24) is 26.2 Å². The van der Waals surface area contributed by atoms with Crippen molar-refractivity contribution in [2.75, 3.05) is 64.5 Å². The molecular formula is C43H74N7O13P. The Bertz CT molecular complexity index is 1690. The van der Waals surface area contributed by atoms with E-state index in [0.717, 1.165) is 6.42 Å². The van der Waals surface area contributed by atoms with Gasteiger partial charge in [-0.2, -0.15) is 0 Å². The van der Waals surface area contributed by atoms with Gasteiger partial charge in [-0.05, 0) is 97.3 Å². The lowest BCUT2D eigenvalue weighted by molar-refractivity contribution is -0.132. The monoisotopic (exact) mass is 928 g/mol. The Labute approximate surface area is 378 Å². The van der Waals surface area contributed by atoms with E-state index in [4.69, 9.17) is 29.2 Å². The van der Waals surface area contributed by atoms with Gasteiger partial charge in [-0.3, -0.25) is 23.7 Å². The third-order valence-electron chi connectivity index (χ3n) is 9.75. The molecule has 64 heavy (non-hydrogen) atoms. The third-order valence-corrected chi connectivity index (χ3v) is 12.0. The minimum absolute atomic E-state index is 0.0114. The van der Waals surface area contributed by atoms with Gasteiger partial charge in [0.05, 0.1) is 49.9 Å². The molecule has 1 aromatic carbocycles. The summed E-state index contributed by atoms with van der Waals surface area (Å²) in [5.74, 6) is -1.71. The van der Waals surface area contributed by atoms with Crippen LogP contribution in [0.25, 0.3) is 0 Å². The van der Waals surface area contributed by atoms with Crippen LogP contribution in [0.2, 0.25) is 0 Å². The minimum atomic E-state index is -3.74. The number of likely N-dealkylation sites (tertiary alicyclic amines) is 1. The number of benzene rings is 1. The summed E-state index contributed by atoms with van der Waals surface area (Å²) in [6.07, 6.45) is 2.01. The second-order valence-corrected chi connectivity index (χ2v) is 20.6. The Morgan fingerprint density at radius 3 is 2.11 bits per heavy atom. The summed E-state index contributed by atoms with van der Waals surface area (Å²) in [6.45, 7) is 16.7. The fourth-order valence-electron chi connectivity index (χ4n) is 6.17. The molecule has 364 valence electrons. The molecule has 1 aliphatic heterocycles. The van der Waals surface area contributed by atoms with E-state index in [-0.39, 0.29) is 95.0 Å². The van der Waals surface area contributed by atoms with Gasteiger partial charge in [-0.25, -0.2) is 9.59 Å². The smallest absolute Gasteiger partial charge is 0.407 e.